The van der Waals surface area contributed by atoms with Gasteiger partial charge in [0.1, 0.15) is 11.5 Å². The Morgan fingerprint density at radius 3 is 1.27 bits per heavy atom. The molecule has 8 heteroatoms. The van der Waals surface area contributed by atoms with Crippen molar-refractivity contribution in [2.24, 2.45) is 0 Å². The van der Waals surface area contributed by atoms with Crippen LogP contribution in [0.3, 0.4) is 0 Å². The summed E-state index contributed by atoms with van der Waals surface area (Å²) in [5.74, 6) is 1.79. The fourth-order valence-corrected chi connectivity index (χ4v) is 14.4. The zero-order chi connectivity index (χ0) is 52.2. The van der Waals surface area contributed by atoms with Crippen LogP contribution in [-0.2, 0) is 0 Å². The van der Waals surface area contributed by atoms with Crippen LogP contribution in [0.25, 0.3) is 55.0 Å². The fraction of sp³-hybridized carbons (Fsp3) is 0. The summed E-state index contributed by atoms with van der Waals surface area (Å²) in [6, 6.07) is 101. The largest absolute Gasteiger partial charge is 0.458 e. The van der Waals surface area contributed by atoms with E-state index >= 15 is 0 Å². The van der Waals surface area contributed by atoms with Crippen molar-refractivity contribution in [1.82, 2.24) is 9.13 Å². The molecule has 0 unspecified atom stereocenters. The lowest BCUT2D eigenvalue weighted by atomic mass is 9.30. The van der Waals surface area contributed by atoms with Crippen LogP contribution >= 0.6 is 0 Å². The Kier molecular flexibility index (Phi) is 9.03. The van der Waals surface area contributed by atoms with Gasteiger partial charge in [-0.3, -0.25) is 0 Å². The van der Waals surface area contributed by atoms with E-state index in [4.69, 9.17) is 4.74 Å². The average molecular weight is 1020 g/mol. The second-order valence-corrected chi connectivity index (χ2v) is 21.5. The molecule has 18 rings (SSSR count). The third-order valence-electron chi connectivity index (χ3n) is 17.5. The molecular weight excluding hydrogens is 972 g/mol. The number of ether oxygens (including phenoxy) is 1. The molecule has 0 saturated heterocycles. The number of hydrogen-bond acceptors (Lipinski definition) is 4. The van der Waals surface area contributed by atoms with Crippen molar-refractivity contribution < 1.29 is 4.74 Å². The van der Waals surface area contributed by atoms with Crippen LogP contribution in [0.4, 0.5) is 51.2 Å². The molecule has 0 radical (unpaired) electrons. The molecule has 6 heterocycles. The quantitative estimate of drug-likeness (QED) is 0.161. The van der Waals surface area contributed by atoms with Crippen molar-refractivity contribution in [3.8, 4) is 22.9 Å². The van der Waals surface area contributed by atoms with Crippen molar-refractivity contribution in [1.29, 1.82) is 0 Å². The minimum absolute atomic E-state index is 0.146. The van der Waals surface area contributed by atoms with Gasteiger partial charge >= 0.3 is 0 Å². The second kappa shape index (κ2) is 16.5. The predicted molar refractivity (Wildman–Crippen MR) is 335 cm³/mol. The summed E-state index contributed by atoms with van der Waals surface area (Å²) in [7, 11) is 0. The number of fused-ring (bicyclic) bond motifs is 16. The van der Waals surface area contributed by atoms with E-state index in [1.807, 2.05) is 0 Å². The monoisotopic (exact) mass is 1020 g/mol. The van der Waals surface area contributed by atoms with Gasteiger partial charge in [-0.15, -0.1) is 0 Å². The standard InChI is InChI=1S/C72H45B2N5O/c1-6-24-46(25-7-1)75-57-38-20-16-34-51(57)67-62(75)44-64-69-71(67)79(50-32-14-5-15-33-50)59-40-22-18-36-53(59)73(69)55-42-56-61(43-60(55)77(64)48-28-10-3-11-29-48)78(49-30-12-4-13-31-49)65-45-63-68(72-70(65)74(56)54-37-19-23-41-66(54)80-72)52-35-17-21-39-58(52)76(63)47-26-8-2-9-27-47/h1-45H. The summed E-state index contributed by atoms with van der Waals surface area (Å²) in [6.07, 6.45) is 0. The Morgan fingerprint density at radius 1 is 0.275 bits per heavy atom. The molecule has 370 valence electrons. The van der Waals surface area contributed by atoms with E-state index in [0.29, 0.717) is 0 Å². The number of nitrogens with zero attached hydrogens (tertiary/aromatic N) is 5. The average Bonchev–Trinajstić information content (AvgIpc) is 2.73. The summed E-state index contributed by atoms with van der Waals surface area (Å²) in [5, 5.41) is 4.72. The zero-order valence-electron chi connectivity index (χ0n) is 43.3. The van der Waals surface area contributed by atoms with Crippen molar-refractivity contribution in [2.45, 2.75) is 0 Å². The molecule has 6 nitrogen and oxygen atoms in total. The molecule has 0 saturated carbocycles. The Bertz CT molecular complexity index is 4890. The van der Waals surface area contributed by atoms with E-state index in [9.17, 15) is 0 Å². The van der Waals surface area contributed by atoms with E-state index in [1.165, 1.54) is 55.0 Å². The number of para-hydroxylation sites is 9. The number of hydrogen-bond donors (Lipinski definition) is 0. The zero-order valence-corrected chi connectivity index (χ0v) is 43.3. The lowest BCUT2D eigenvalue weighted by Crippen LogP contribution is -2.64. The molecule has 0 atom stereocenters. The molecule has 4 aliphatic rings. The smallest absolute Gasteiger partial charge is 0.256 e. The number of aromatic nitrogens is 2. The molecular formula is C72H45B2N5O. The third-order valence-corrected chi connectivity index (χ3v) is 17.5. The summed E-state index contributed by atoms with van der Waals surface area (Å²) < 4.78 is 12.4. The maximum Gasteiger partial charge on any atom is 0.256 e. The van der Waals surface area contributed by atoms with Gasteiger partial charge in [-0.05, 0) is 136 Å². The molecule has 0 fully saturated rings. The molecule has 2 aromatic heterocycles. The van der Waals surface area contributed by atoms with Crippen LogP contribution < -0.4 is 52.2 Å². The first kappa shape index (κ1) is 43.6. The Balaban J connectivity index is 1.01. The van der Waals surface area contributed by atoms with Crippen molar-refractivity contribution >= 4 is 141 Å². The van der Waals surface area contributed by atoms with Crippen LogP contribution in [0.15, 0.2) is 273 Å². The van der Waals surface area contributed by atoms with Crippen molar-refractivity contribution in [3.05, 3.63) is 273 Å². The first-order valence-electron chi connectivity index (χ1n) is 27.7. The molecule has 0 aliphatic carbocycles. The second-order valence-electron chi connectivity index (χ2n) is 21.5. The first-order chi connectivity index (χ1) is 39.8. The lowest BCUT2D eigenvalue weighted by Gasteiger charge is -2.46. The number of anilines is 9. The SMILES string of the molecule is c1ccc(N2c3cc4c(cc3B3c5ccccc5Oc5c3c2cc2c5c3ccccc3n2-c2ccccc2)B2c3ccccc3N(c3ccccc3)c3c2c(cc2c3c3ccccc3n2-c2ccccc2)N4c2ccccc2)cc1. The molecule has 14 aromatic rings. The van der Waals surface area contributed by atoms with Gasteiger partial charge < -0.3 is 28.6 Å². The Hall–Kier alpha value is -10.4. The summed E-state index contributed by atoms with van der Waals surface area (Å²) in [6.45, 7) is -0.308. The predicted octanol–water partition coefficient (Wildman–Crippen LogP) is 14.4. The van der Waals surface area contributed by atoms with Gasteiger partial charge in [0.25, 0.3) is 13.4 Å². The normalized spacial score (nSPS) is 13.5. The maximum atomic E-state index is 7.45. The van der Waals surface area contributed by atoms with E-state index in [0.717, 1.165) is 95.5 Å². The van der Waals surface area contributed by atoms with Gasteiger partial charge in [0.2, 0.25) is 0 Å². The Morgan fingerprint density at radius 2 is 0.700 bits per heavy atom. The van der Waals surface area contributed by atoms with E-state index in [1.54, 1.807) is 0 Å². The minimum Gasteiger partial charge on any atom is -0.458 e. The molecule has 0 N–H and O–H groups in total. The number of rotatable bonds is 5. The highest BCUT2D eigenvalue weighted by molar-refractivity contribution is 7.03. The maximum absolute atomic E-state index is 7.45. The highest BCUT2D eigenvalue weighted by Crippen LogP contribution is 2.53. The molecule has 80 heavy (non-hydrogen) atoms. The van der Waals surface area contributed by atoms with Crippen LogP contribution in [0.5, 0.6) is 11.5 Å². The molecule has 0 amide bonds. The minimum atomic E-state index is -0.162. The van der Waals surface area contributed by atoms with E-state index in [2.05, 4.69) is 297 Å². The third kappa shape index (κ3) is 5.88. The molecule has 0 spiro atoms. The first-order valence-corrected chi connectivity index (χ1v) is 27.7. The summed E-state index contributed by atoms with van der Waals surface area (Å²) >= 11 is 0. The fourth-order valence-electron chi connectivity index (χ4n) is 14.4. The summed E-state index contributed by atoms with van der Waals surface area (Å²) in [4.78, 5) is 7.67. The topological polar surface area (TPSA) is 28.8 Å². The van der Waals surface area contributed by atoms with Crippen molar-refractivity contribution in [3.63, 3.8) is 0 Å². The van der Waals surface area contributed by atoms with Crippen molar-refractivity contribution in [2.75, 3.05) is 14.7 Å². The van der Waals surface area contributed by atoms with Crippen LogP contribution in [-0.4, -0.2) is 22.6 Å². The van der Waals surface area contributed by atoms with Crippen LogP contribution in [0.1, 0.15) is 0 Å². The highest BCUT2D eigenvalue weighted by Gasteiger charge is 2.49. The van der Waals surface area contributed by atoms with Crippen LogP contribution in [0, 0.1) is 0 Å². The van der Waals surface area contributed by atoms with Gasteiger partial charge in [0, 0.05) is 73.0 Å². The molecule has 12 aromatic carbocycles. The molecule has 4 aliphatic heterocycles. The van der Waals surface area contributed by atoms with E-state index in [-0.39, 0.29) is 13.4 Å². The van der Waals surface area contributed by atoms with Gasteiger partial charge in [0.15, 0.2) is 0 Å². The van der Waals surface area contributed by atoms with Crippen LogP contribution in [0.2, 0.25) is 0 Å². The summed E-state index contributed by atoms with van der Waals surface area (Å²) in [5.41, 5.74) is 24.4. The highest BCUT2D eigenvalue weighted by atomic mass is 16.5. The Labute approximate surface area is 463 Å². The molecule has 0 bridgehead atoms. The number of benzene rings is 12. The van der Waals surface area contributed by atoms with Gasteiger partial charge in [-0.25, -0.2) is 0 Å². The van der Waals surface area contributed by atoms with Gasteiger partial charge in [-0.2, -0.15) is 0 Å². The lowest BCUT2D eigenvalue weighted by molar-refractivity contribution is 0.493. The van der Waals surface area contributed by atoms with E-state index < -0.39 is 0 Å². The van der Waals surface area contributed by atoms with Gasteiger partial charge in [-0.1, -0.05) is 170 Å². The van der Waals surface area contributed by atoms with Gasteiger partial charge in [0.05, 0.1) is 33.1 Å².